The van der Waals surface area contributed by atoms with Crippen molar-refractivity contribution in [2.24, 2.45) is 5.73 Å². The van der Waals surface area contributed by atoms with Crippen LogP contribution in [0.2, 0.25) is 0 Å². The molecular formula is C10H19N3O2S. The van der Waals surface area contributed by atoms with Crippen molar-refractivity contribution in [2.75, 3.05) is 0 Å². The lowest BCUT2D eigenvalue weighted by Gasteiger charge is -2.11. The van der Waals surface area contributed by atoms with Gasteiger partial charge in [-0.1, -0.05) is 13.3 Å². The molecule has 0 aliphatic carbocycles. The zero-order valence-electron chi connectivity index (χ0n) is 9.66. The van der Waals surface area contributed by atoms with E-state index in [1.807, 2.05) is 13.8 Å². The third kappa shape index (κ3) is 3.33. The second-order valence-corrected chi connectivity index (χ2v) is 5.59. The topological polar surface area (TPSA) is 88.0 Å². The molecule has 4 N–H and O–H groups in total. The zero-order valence-corrected chi connectivity index (χ0v) is 10.5. The summed E-state index contributed by atoms with van der Waals surface area (Å²) in [6, 6.07) is 1.51. The molecule has 1 aromatic heterocycles. The summed E-state index contributed by atoms with van der Waals surface area (Å²) in [4.78, 5) is 3.07. The summed E-state index contributed by atoms with van der Waals surface area (Å²) >= 11 is 0. The highest BCUT2D eigenvalue weighted by molar-refractivity contribution is 7.89. The van der Waals surface area contributed by atoms with Gasteiger partial charge in [0.05, 0.1) is 4.90 Å². The van der Waals surface area contributed by atoms with Crippen LogP contribution in [-0.4, -0.2) is 19.4 Å². The molecule has 0 aromatic carbocycles. The number of aromatic amines is 1. The normalized spacial score (nSPS) is 13.9. The Balaban J connectivity index is 2.77. The van der Waals surface area contributed by atoms with Gasteiger partial charge in [0.15, 0.2) is 0 Å². The van der Waals surface area contributed by atoms with E-state index in [1.165, 1.54) is 6.20 Å². The minimum absolute atomic E-state index is 0.0498. The maximum absolute atomic E-state index is 11.9. The molecule has 1 heterocycles. The van der Waals surface area contributed by atoms with Gasteiger partial charge in [0.2, 0.25) is 10.0 Å². The van der Waals surface area contributed by atoms with E-state index in [-0.39, 0.29) is 10.9 Å². The van der Waals surface area contributed by atoms with E-state index in [9.17, 15) is 8.42 Å². The van der Waals surface area contributed by atoms with E-state index in [2.05, 4.69) is 9.71 Å². The van der Waals surface area contributed by atoms with Crippen LogP contribution in [0.5, 0.6) is 0 Å². The minimum atomic E-state index is -3.41. The molecule has 0 spiro atoms. The van der Waals surface area contributed by atoms with Crippen LogP contribution >= 0.6 is 0 Å². The predicted octanol–water partition coefficient (Wildman–Crippen LogP) is 0.940. The molecule has 92 valence electrons. The molecule has 5 nitrogen and oxygen atoms in total. The van der Waals surface area contributed by atoms with Crippen LogP contribution < -0.4 is 10.5 Å². The van der Waals surface area contributed by atoms with Gasteiger partial charge in [0.1, 0.15) is 0 Å². The van der Waals surface area contributed by atoms with E-state index in [1.54, 1.807) is 6.07 Å². The van der Waals surface area contributed by atoms with Crippen LogP contribution in [0, 0.1) is 0 Å². The molecule has 0 aliphatic rings. The predicted molar refractivity (Wildman–Crippen MR) is 63.4 cm³/mol. The number of aromatic nitrogens is 1. The van der Waals surface area contributed by atoms with Crippen molar-refractivity contribution in [3.8, 4) is 0 Å². The average molecular weight is 245 g/mol. The number of nitrogens with two attached hydrogens (primary N) is 1. The van der Waals surface area contributed by atoms with Crippen LogP contribution in [0.1, 0.15) is 32.4 Å². The van der Waals surface area contributed by atoms with Crippen LogP contribution in [0.4, 0.5) is 0 Å². The highest BCUT2D eigenvalue weighted by Gasteiger charge is 2.18. The van der Waals surface area contributed by atoms with Gasteiger partial charge in [0.25, 0.3) is 0 Å². The molecule has 0 saturated carbocycles. The number of hydrogen-bond acceptors (Lipinski definition) is 3. The summed E-state index contributed by atoms with van der Waals surface area (Å²) in [6.45, 7) is 4.19. The average Bonchev–Trinajstić information content (AvgIpc) is 2.65. The van der Waals surface area contributed by atoms with E-state index in [0.29, 0.717) is 12.2 Å². The first kappa shape index (κ1) is 13.2. The highest BCUT2D eigenvalue weighted by Crippen LogP contribution is 2.11. The quantitative estimate of drug-likeness (QED) is 0.697. The van der Waals surface area contributed by atoms with E-state index < -0.39 is 10.0 Å². The van der Waals surface area contributed by atoms with Gasteiger partial charge in [-0.25, -0.2) is 13.1 Å². The fourth-order valence-electron chi connectivity index (χ4n) is 1.52. The third-order valence-corrected chi connectivity index (χ3v) is 3.89. The number of sulfonamides is 1. The molecule has 16 heavy (non-hydrogen) atoms. The minimum Gasteiger partial charge on any atom is -0.363 e. The fraction of sp³-hybridized carbons (Fsp3) is 0.600. The number of H-pyrrole nitrogens is 1. The van der Waals surface area contributed by atoms with Crippen LogP contribution in [0.15, 0.2) is 17.2 Å². The molecule has 1 rings (SSSR count). The first-order chi connectivity index (χ1) is 7.49. The van der Waals surface area contributed by atoms with Crippen molar-refractivity contribution < 1.29 is 8.42 Å². The van der Waals surface area contributed by atoms with Crippen molar-refractivity contribution in [3.63, 3.8) is 0 Å². The maximum atomic E-state index is 11.9. The highest BCUT2D eigenvalue weighted by atomic mass is 32.2. The first-order valence-corrected chi connectivity index (χ1v) is 6.87. The molecule has 1 unspecified atom stereocenters. The Morgan fingerprint density at radius 1 is 1.56 bits per heavy atom. The molecule has 0 aliphatic heterocycles. The van der Waals surface area contributed by atoms with Gasteiger partial charge < -0.3 is 10.7 Å². The lowest BCUT2D eigenvalue weighted by molar-refractivity contribution is 0.544. The van der Waals surface area contributed by atoms with Crippen molar-refractivity contribution in [3.05, 3.63) is 18.0 Å². The standard InChI is InChI=1S/C10H19N3O2S/c1-3-4-8(2)13-16(14,15)10-5-9(6-11)12-7-10/h5,7-8,12-13H,3-4,6,11H2,1-2H3. The molecule has 0 amide bonds. The molecule has 0 bridgehead atoms. The maximum Gasteiger partial charge on any atom is 0.242 e. The number of rotatable bonds is 6. The summed E-state index contributed by atoms with van der Waals surface area (Å²) in [5, 5.41) is 0. The first-order valence-electron chi connectivity index (χ1n) is 5.39. The van der Waals surface area contributed by atoms with Crippen molar-refractivity contribution in [1.29, 1.82) is 0 Å². The largest absolute Gasteiger partial charge is 0.363 e. The molecule has 1 atom stereocenters. The Morgan fingerprint density at radius 2 is 2.25 bits per heavy atom. The Labute approximate surface area is 96.5 Å². The van der Waals surface area contributed by atoms with E-state index >= 15 is 0 Å². The van der Waals surface area contributed by atoms with Crippen LogP contribution in [0.3, 0.4) is 0 Å². The Morgan fingerprint density at radius 3 is 2.75 bits per heavy atom. The molecule has 0 saturated heterocycles. The Bertz CT molecular complexity index is 425. The van der Waals surface area contributed by atoms with Crippen molar-refractivity contribution >= 4 is 10.0 Å². The van der Waals surface area contributed by atoms with Crippen molar-refractivity contribution in [1.82, 2.24) is 9.71 Å². The molecule has 0 radical (unpaired) electrons. The smallest absolute Gasteiger partial charge is 0.242 e. The van der Waals surface area contributed by atoms with Crippen molar-refractivity contribution in [2.45, 2.75) is 44.2 Å². The molecule has 0 fully saturated rings. The van der Waals surface area contributed by atoms with Gasteiger partial charge >= 0.3 is 0 Å². The van der Waals surface area contributed by atoms with E-state index in [4.69, 9.17) is 5.73 Å². The molecule has 1 aromatic rings. The van der Waals surface area contributed by atoms with Crippen LogP contribution in [-0.2, 0) is 16.6 Å². The Kier molecular flexibility index (Phi) is 4.52. The van der Waals surface area contributed by atoms with Crippen LogP contribution in [0.25, 0.3) is 0 Å². The van der Waals surface area contributed by atoms with Gasteiger partial charge in [-0.2, -0.15) is 0 Å². The lowest BCUT2D eigenvalue weighted by atomic mass is 10.2. The summed E-state index contributed by atoms with van der Waals surface area (Å²) < 4.78 is 26.4. The lowest BCUT2D eigenvalue weighted by Crippen LogP contribution is -2.32. The van der Waals surface area contributed by atoms with Gasteiger partial charge in [-0.05, 0) is 19.4 Å². The summed E-state index contributed by atoms with van der Waals surface area (Å²) in [5.74, 6) is 0. The second kappa shape index (κ2) is 5.47. The third-order valence-electron chi connectivity index (χ3n) is 2.32. The molecular weight excluding hydrogens is 226 g/mol. The Hall–Kier alpha value is -0.850. The zero-order chi connectivity index (χ0) is 12.2. The van der Waals surface area contributed by atoms with Gasteiger partial charge in [-0.15, -0.1) is 0 Å². The van der Waals surface area contributed by atoms with Gasteiger partial charge in [-0.3, -0.25) is 0 Å². The SMILES string of the molecule is CCCC(C)NS(=O)(=O)c1c[nH]c(CN)c1. The number of hydrogen-bond donors (Lipinski definition) is 3. The monoisotopic (exact) mass is 245 g/mol. The summed E-state index contributed by atoms with van der Waals surface area (Å²) in [6.07, 6.45) is 3.24. The fourth-order valence-corrected chi connectivity index (χ4v) is 2.81. The van der Waals surface area contributed by atoms with E-state index in [0.717, 1.165) is 12.8 Å². The van der Waals surface area contributed by atoms with Gasteiger partial charge in [0, 0.05) is 24.5 Å². The number of nitrogens with one attached hydrogen (secondary N) is 2. The summed E-state index contributed by atoms with van der Waals surface area (Å²) in [7, 11) is -3.41. The molecule has 6 heteroatoms. The second-order valence-electron chi connectivity index (χ2n) is 3.88. The summed E-state index contributed by atoms with van der Waals surface area (Å²) in [5.41, 5.74) is 6.12.